The Kier molecular flexibility index (Phi) is 24.5. The van der Waals surface area contributed by atoms with Crippen molar-refractivity contribution >= 4 is 76.9 Å². The van der Waals surface area contributed by atoms with Crippen LogP contribution in [0.2, 0.25) is 0 Å². The van der Waals surface area contributed by atoms with Gasteiger partial charge in [-0.25, -0.2) is 14.4 Å². The average Bonchev–Trinajstić information content (AvgIpc) is 0.669. The number of carbonyl (C=O) groups excluding carboxylic acids is 12. The van der Waals surface area contributed by atoms with Crippen molar-refractivity contribution in [1.82, 2.24) is 21.3 Å². The Bertz CT molecular complexity index is 3740. The number of hydrogen-bond acceptors (Lipinski definition) is 23. The van der Waals surface area contributed by atoms with Crippen molar-refractivity contribution in [1.29, 1.82) is 0 Å². The number of aliphatic hydroxyl groups is 2. The van der Waals surface area contributed by atoms with E-state index in [1.54, 1.807) is 61.5 Å². The molecule has 2 saturated carbocycles. The number of nitrogens with two attached hydrogens (primary N) is 1. The van der Waals surface area contributed by atoms with Gasteiger partial charge >= 0.3 is 30.0 Å². The number of fused-ring (bicyclic) bond motifs is 5. The van der Waals surface area contributed by atoms with Gasteiger partial charge in [-0.15, -0.1) is 0 Å². The van der Waals surface area contributed by atoms with Gasteiger partial charge in [0.05, 0.1) is 49.2 Å². The van der Waals surface area contributed by atoms with Crippen LogP contribution in [0.3, 0.4) is 0 Å². The van der Waals surface area contributed by atoms with Crippen molar-refractivity contribution in [3.8, 4) is 0 Å². The van der Waals surface area contributed by atoms with Crippen molar-refractivity contribution in [2.45, 2.75) is 160 Å². The first kappa shape index (κ1) is 75.8. The van der Waals surface area contributed by atoms with Crippen LogP contribution in [0.4, 0.5) is 10.5 Å². The molecule has 4 aromatic carbocycles. The highest BCUT2D eigenvalue weighted by Crippen LogP contribution is 2.64. The maximum atomic E-state index is 15.9. The van der Waals surface area contributed by atoms with E-state index in [0.717, 1.165) is 13.8 Å². The monoisotopic (exact) mass is 1390 g/mol. The van der Waals surface area contributed by atoms with Crippen LogP contribution in [0, 0.1) is 16.7 Å². The van der Waals surface area contributed by atoms with Crippen molar-refractivity contribution in [2.75, 3.05) is 38.4 Å². The van der Waals surface area contributed by atoms with Crippen LogP contribution in [0.15, 0.2) is 126 Å². The lowest BCUT2D eigenvalue weighted by Gasteiger charge is -2.67. The van der Waals surface area contributed by atoms with Gasteiger partial charge in [0.2, 0.25) is 35.6 Å². The Morgan fingerprint density at radius 2 is 1.32 bits per heavy atom. The Balaban J connectivity index is 1.08. The highest BCUT2D eigenvalue weighted by Gasteiger charge is 2.78. The van der Waals surface area contributed by atoms with E-state index in [0.29, 0.717) is 6.61 Å². The first-order valence-electron chi connectivity index (χ1n) is 32.4. The summed E-state index contributed by atoms with van der Waals surface area (Å²) in [5.41, 5.74) is -2.46. The van der Waals surface area contributed by atoms with E-state index in [9.17, 15) is 58.2 Å². The molecule has 0 radical (unpaired) electrons. The minimum absolute atomic E-state index is 0.0131. The SMILES string of the molecule is CCOCCOCC(=O)N[C@H](C)C(=O)N[C@H](C)C(=O)N[C@H](CC(N)=O)C(=O)Nc1ccc(COC(=O)O[C@@H](C(=O)O[C@H]2C[C@@]3(O)[C@@H](OC(=O)c4ccccc4)[C@H]4[C@](C)(C(=O)[C@H](OC(C)=O)C(=C2C)C3(C)C)[C@@H](O)CC2OC[C@]24OC(C)=O)[C@@H](NC(=O)c2ccccc2)c2ccccc2)cc1. The highest BCUT2D eigenvalue weighted by molar-refractivity contribution is 6.01. The summed E-state index contributed by atoms with van der Waals surface area (Å²) < 4.78 is 52.9. The second-order valence-electron chi connectivity index (χ2n) is 25.7. The third-order valence-electron chi connectivity index (χ3n) is 18.6. The number of ether oxygens (including phenoxy) is 9. The van der Waals surface area contributed by atoms with Gasteiger partial charge < -0.3 is 85.2 Å². The van der Waals surface area contributed by atoms with Crippen molar-refractivity contribution in [2.24, 2.45) is 22.5 Å². The van der Waals surface area contributed by atoms with Crippen LogP contribution in [-0.2, 0) is 92.4 Å². The Morgan fingerprint density at radius 1 is 0.720 bits per heavy atom. The van der Waals surface area contributed by atoms with Crippen LogP contribution < -0.4 is 32.3 Å². The molecule has 14 atom stereocenters. The van der Waals surface area contributed by atoms with Gasteiger partial charge in [-0.1, -0.05) is 92.7 Å². The number of hydrogen-bond donors (Lipinski definition) is 8. The molecule has 0 aromatic heterocycles. The van der Waals surface area contributed by atoms with Gasteiger partial charge in [0, 0.05) is 50.0 Å². The molecule has 1 heterocycles. The summed E-state index contributed by atoms with van der Waals surface area (Å²) in [6.45, 7) is 12.0. The third kappa shape index (κ3) is 16.8. The molecule has 6 amide bonds. The summed E-state index contributed by atoms with van der Waals surface area (Å²) in [4.78, 5) is 166. The molecule has 100 heavy (non-hydrogen) atoms. The number of nitrogens with one attached hydrogen (secondary N) is 5. The maximum Gasteiger partial charge on any atom is 0.509 e. The normalized spacial score (nSPS) is 24.8. The quantitative estimate of drug-likeness (QED) is 0.0175. The van der Waals surface area contributed by atoms with Gasteiger partial charge in [0.15, 0.2) is 17.5 Å². The fraction of sp³-hybridized carbons (Fsp3) is 0.465. The first-order chi connectivity index (χ1) is 47.4. The van der Waals surface area contributed by atoms with Crippen LogP contribution in [0.25, 0.3) is 0 Å². The van der Waals surface area contributed by atoms with Gasteiger partial charge in [0.25, 0.3) is 5.91 Å². The number of amides is 6. The van der Waals surface area contributed by atoms with E-state index in [2.05, 4.69) is 26.6 Å². The molecule has 29 heteroatoms. The highest BCUT2D eigenvalue weighted by atomic mass is 16.7. The fourth-order valence-electron chi connectivity index (χ4n) is 13.4. The van der Waals surface area contributed by atoms with E-state index in [-0.39, 0.29) is 65.3 Å². The lowest BCUT2D eigenvalue weighted by atomic mass is 9.44. The van der Waals surface area contributed by atoms with E-state index in [1.807, 2.05) is 0 Å². The molecular weight excluding hydrogens is 1300 g/mol. The van der Waals surface area contributed by atoms with Crippen molar-refractivity contribution < 1.29 is 110 Å². The van der Waals surface area contributed by atoms with Gasteiger partial charge in [-0.3, -0.25) is 43.2 Å². The standard InChI is InChI=1S/C71H84N6O23/c1-10-92-30-31-93-36-53(82)73-39(3)61(84)74-40(4)62(85)76-48(32-52(72)81)64(87)75-47-28-26-43(27-29-47)35-94-67(90)98-57(55(44-20-14-11-15-21-44)77-63(86)45-22-16-12-17-23-45)66(89)97-49-34-71(91)60(99-65(88)46-24-18-13-19-25-46)58-69(9,50(80)33-51-70(58,37-95-51)100-42(6)79)59(83)56(96-41(5)78)54(38(49)2)68(71,7)8/h11-29,39-40,48-51,55-58,60,80,91H,10,30-37H2,1-9H3,(H2,72,81)(H,73,82)(H,74,84)(H,75,87)(H,76,85)(H,77,86)/t39-,40-,48-,49+,50+,51?,55+,56-,57-,58+,60+,69-,70+,71-/m1/s1. The van der Waals surface area contributed by atoms with Gasteiger partial charge in [-0.2, -0.15) is 0 Å². The Morgan fingerprint density at radius 3 is 1.91 bits per heavy atom. The van der Waals surface area contributed by atoms with E-state index in [4.69, 9.17) is 48.4 Å². The second kappa shape index (κ2) is 32.4. The first-order valence-corrected chi connectivity index (χ1v) is 32.4. The lowest BCUT2D eigenvalue weighted by molar-refractivity contribution is -0.346. The fourth-order valence-corrected chi connectivity index (χ4v) is 13.4. The largest absolute Gasteiger partial charge is 0.509 e. The average molecular weight is 1390 g/mol. The summed E-state index contributed by atoms with van der Waals surface area (Å²) in [7, 11) is 0. The number of benzene rings is 4. The summed E-state index contributed by atoms with van der Waals surface area (Å²) >= 11 is 0. The predicted molar refractivity (Wildman–Crippen MR) is 350 cm³/mol. The number of carbonyl (C=O) groups is 12. The maximum absolute atomic E-state index is 15.9. The summed E-state index contributed by atoms with van der Waals surface area (Å²) in [6, 6.07) is 23.4. The van der Waals surface area contributed by atoms with E-state index < -0.39 is 186 Å². The molecule has 3 fully saturated rings. The number of rotatable bonds is 28. The molecule has 4 aliphatic rings. The van der Waals surface area contributed by atoms with Crippen molar-refractivity contribution in [3.63, 3.8) is 0 Å². The zero-order valence-electron chi connectivity index (χ0n) is 56.7. The molecule has 1 aliphatic heterocycles. The zero-order valence-corrected chi connectivity index (χ0v) is 56.7. The molecular formula is C71H84N6O23. The van der Waals surface area contributed by atoms with E-state index >= 15 is 9.59 Å². The van der Waals surface area contributed by atoms with Crippen LogP contribution in [0.5, 0.6) is 0 Å². The Hall–Kier alpha value is -9.94. The number of anilines is 1. The second-order valence-corrected chi connectivity index (χ2v) is 25.7. The molecule has 1 unspecified atom stereocenters. The zero-order chi connectivity index (χ0) is 73.0. The number of ketones is 1. The Labute approximate surface area is 576 Å². The predicted octanol–water partition coefficient (Wildman–Crippen LogP) is 3.46. The summed E-state index contributed by atoms with van der Waals surface area (Å²) in [6.07, 6.45) is -13.8. The molecule has 0 spiro atoms. The molecule has 8 rings (SSSR count). The van der Waals surface area contributed by atoms with Crippen molar-refractivity contribution in [3.05, 3.63) is 149 Å². The minimum atomic E-state index is -2.58. The van der Waals surface area contributed by atoms with Crippen LogP contribution in [0.1, 0.15) is 119 Å². The smallest absolute Gasteiger partial charge is 0.455 e. The third-order valence-corrected chi connectivity index (χ3v) is 18.6. The molecule has 2 bridgehead atoms. The molecule has 4 aromatic rings. The topological polar surface area (TPSA) is 415 Å². The van der Waals surface area contributed by atoms with E-state index in [1.165, 1.54) is 102 Å². The number of primary amides is 1. The molecule has 9 N–H and O–H groups in total. The molecule has 536 valence electrons. The lowest BCUT2D eigenvalue weighted by Crippen LogP contribution is -2.82. The molecule has 29 nitrogen and oxygen atoms in total. The number of esters is 4. The van der Waals surface area contributed by atoms with Crippen LogP contribution in [-0.4, -0.2) is 180 Å². The summed E-state index contributed by atoms with van der Waals surface area (Å²) in [5.74, 6) is -11.7. The summed E-state index contributed by atoms with van der Waals surface area (Å²) in [5, 5.41) is 39.1. The van der Waals surface area contributed by atoms with Crippen LogP contribution >= 0.6 is 0 Å². The molecule has 1 saturated heterocycles. The van der Waals surface area contributed by atoms with Gasteiger partial charge in [-0.05, 0) is 93.3 Å². The minimum Gasteiger partial charge on any atom is -0.455 e. The number of aliphatic hydroxyl groups excluding tert-OH is 1. The van der Waals surface area contributed by atoms with Gasteiger partial charge in [0.1, 0.15) is 61.3 Å². The number of Topliss-reactive ketones (excluding diaryl/α,β-unsaturated/α-hetero) is 1. The molecule has 3 aliphatic carbocycles.